The maximum atomic E-state index is 13.0. The first kappa shape index (κ1) is 16.0. The summed E-state index contributed by atoms with van der Waals surface area (Å²) in [6.45, 7) is 0. The third-order valence-corrected chi connectivity index (χ3v) is 6.86. The molecule has 0 aromatic heterocycles. The van der Waals surface area contributed by atoms with E-state index in [1.54, 1.807) is 0 Å². The van der Waals surface area contributed by atoms with Gasteiger partial charge in [0, 0.05) is 6.04 Å². The van der Waals surface area contributed by atoms with Crippen LogP contribution >= 0.6 is 0 Å². The average molecular weight is 333 g/mol. The fourth-order valence-corrected chi connectivity index (χ4v) is 5.71. The Morgan fingerprint density at radius 3 is 2.48 bits per heavy atom. The van der Waals surface area contributed by atoms with Crippen LogP contribution in [-0.2, 0) is 14.8 Å². The summed E-state index contributed by atoms with van der Waals surface area (Å²) in [6, 6.07) is 6.82. The van der Waals surface area contributed by atoms with Gasteiger partial charge in [-0.05, 0) is 49.4 Å². The van der Waals surface area contributed by atoms with E-state index >= 15 is 0 Å². The molecule has 1 saturated carbocycles. The molecule has 1 aromatic carbocycles. The van der Waals surface area contributed by atoms with Crippen molar-refractivity contribution < 1.29 is 13.2 Å². The van der Waals surface area contributed by atoms with Gasteiger partial charge in [0.1, 0.15) is 6.04 Å². The minimum absolute atomic E-state index is 0.106. The van der Waals surface area contributed by atoms with Crippen molar-refractivity contribution in [2.75, 3.05) is 0 Å². The zero-order valence-corrected chi connectivity index (χ0v) is 13.5. The summed E-state index contributed by atoms with van der Waals surface area (Å²) in [5.74, 6) is -0.383. The molecule has 122 valence electrons. The molecule has 1 aromatic rings. The summed E-state index contributed by atoms with van der Waals surface area (Å²) in [7, 11) is -3.81. The van der Waals surface area contributed by atoms with Crippen LogP contribution in [0.25, 0.3) is 0 Å². The van der Waals surface area contributed by atoms with E-state index in [9.17, 15) is 13.2 Å². The first-order valence-corrected chi connectivity index (χ1v) is 9.22. The van der Waals surface area contributed by atoms with Crippen LogP contribution in [-0.4, -0.2) is 30.7 Å². The quantitative estimate of drug-likeness (QED) is 0.901. The molecule has 0 spiro atoms. The summed E-state index contributed by atoms with van der Waals surface area (Å²) in [5, 5.41) is 8.84. The van der Waals surface area contributed by atoms with Crippen molar-refractivity contribution in [1.82, 2.24) is 4.31 Å². The lowest BCUT2D eigenvalue weighted by Crippen LogP contribution is -2.48. The Labute approximate surface area is 135 Å². The predicted octanol–water partition coefficient (Wildman–Crippen LogP) is 1.37. The van der Waals surface area contributed by atoms with E-state index in [4.69, 9.17) is 11.0 Å². The van der Waals surface area contributed by atoms with E-state index in [0.29, 0.717) is 12.0 Å². The van der Waals surface area contributed by atoms with E-state index in [-0.39, 0.29) is 16.9 Å². The summed E-state index contributed by atoms with van der Waals surface area (Å²) < 4.78 is 27.4. The Morgan fingerprint density at radius 2 is 1.87 bits per heavy atom. The van der Waals surface area contributed by atoms with Crippen molar-refractivity contribution in [1.29, 1.82) is 5.26 Å². The highest BCUT2D eigenvalue weighted by Gasteiger charge is 2.50. The average Bonchev–Trinajstić information content (AvgIpc) is 2.95. The lowest BCUT2D eigenvalue weighted by Gasteiger charge is -2.32. The van der Waals surface area contributed by atoms with Gasteiger partial charge >= 0.3 is 0 Å². The van der Waals surface area contributed by atoms with Crippen LogP contribution in [0.1, 0.15) is 37.7 Å². The van der Waals surface area contributed by atoms with Gasteiger partial charge in [-0.1, -0.05) is 12.8 Å². The number of primary amides is 1. The molecule has 0 bridgehead atoms. The largest absolute Gasteiger partial charge is 0.368 e. The minimum atomic E-state index is -3.81. The van der Waals surface area contributed by atoms with Crippen LogP contribution in [0.2, 0.25) is 0 Å². The van der Waals surface area contributed by atoms with Gasteiger partial charge in [-0.3, -0.25) is 4.79 Å². The molecular formula is C16H19N3O3S. The molecule has 3 rings (SSSR count). The van der Waals surface area contributed by atoms with Crippen molar-refractivity contribution in [3.63, 3.8) is 0 Å². The maximum Gasteiger partial charge on any atom is 0.244 e. The molecule has 6 nitrogen and oxygen atoms in total. The first-order valence-electron chi connectivity index (χ1n) is 7.78. The lowest BCUT2D eigenvalue weighted by atomic mass is 9.85. The van der Waals surface area contributed by atoms with Crippen LogP contribution in [0.3, 0.4) is 0 Å². The predicted molar refractivity (Wildman–Crippen MR) is 83.5 cm³/mol. The molecular weight excluding hydrogens is 314 g/mol. The van der Waals surface area contributed by atoms with Crippen LogP contribution in [0.15, 0.2) is 29.2 Å². The molecule has 0 unspecified atom stereocenters. The van der Waals surface area contributed by atoms with Crippen LogP contribution in [0, 0.1) is 17.2 Å². The van der Waals surface area contributed by atoms with E-state index in [1.165, 1.54) is 28.6 Å². The molecule has 7 heteroatoms. The highest BCUT2D eigenvalue weighted by atomic mass is 32.2. The Morgan fingerprint density at radius 1 is 1.22 bits per heavy atom. The Bertz CT molecular complexity index is 752. The van der Waals surface area contributed by atoms with Crippen molar-refractivity contribution in [3.05, 3.63) is 29.8 Å². The van der Waals surface area contributed by atoms with Gasteiger partial charge in [0.25, 0.3) is 0 Å². The topological polar surface area (TPSA) is 104 Å². The number of nitrogens with two attached hydrogens (primary N) is 1. The number of fused-ring (bicyclic) bond motifs is 1. The van der Waals surface area contributed by atoms with Gasteiger partial charge in [-0.25, -0.2) is 8.42 Å². The Balaban J connectivity index is 2.01. The maximum absolute atomic E-state index is 13.0. The monoisotopic (exact) mass is 333 g/mol. The van der Waals surface area contributed by atoms with Crippen molar-refractivity contribution >= 4 is 15.9 Å². The van der Waals surface area contributed by atoms with E-state index in [0.717, 1.165) is 25.7 Å². The number of nitrogens with zero attached hydrogens (tertiary/aromatic N) is 2. The van der Waals surface area contributed by atoms with Crippen molar-refractivity contribution in [2.45, 2.75) is 49.1 Å². The number of hydrogen-bond donors (Lipinski definition) is 1. The van der Waals surface area contributed by atoms with Gasteiger partial charge in [-0.2, -0.15) is 9.57 Å². The lowest BCUT2D eigenvalue weighted by molar-refractivity contribution is -0.121. The summed E-state index contributed by atoms with van der Waals surface area (Å²) >= 11 is 0. The number of amides is 1. The second-order valence-electron chi connectivity index (χ2n) is 6.24. The number of carbonyl (C=O) groups is 1. The third-order valence-electron chi connectivity index (χ3n) is 4.92. The second-order valence-corrected chi connectivity index (χ2v) is 8.08. The number of carbonyl (C=O) groups excluding carboxylic acids is 1. The van der Waals surface area contributed by atoms with Gasteiger partial charge in [0.15, 0.2) is 0 Å². The smallest absolute Gasteiger partial charge is 0.244 e. The first-order chi connectivity index (χ1) is 10.9. The molecule has 0 radical (unpaired) electrons. The van der Waals surface area contributed by atoms with Crippen LogP contribution in [0.5, 0.6) is 0 Å². The summed E-state index contributed by atoms with van der Waals surface area (Å²) in [4.78, 5) is 11.9. The number of benzene rings is 1. The van der Waals surface area contributed by atoms with Crippen LogP contribution < -0.4 is 5.73 Å². The normalized spacial score (nSPS) is 28.0. The van der Waals surface area contributed by atoms with Crippen LogP contribution in [0.4, 0.5) is 0 Å². The molecule has 1 saturated heterocycles. The molecule has 2 N–H and O–H groups in total. The third kappa shape index (κ3) is 2.73. The minimum Gasteiger partial charge on any atom is -0.368 e. The highest BCUT2D eigenvalue weighted by molar-refractivity contribution is 7.89. The van der Waals surface area contributed by atoms with Gasteiger partial charge in [-0.15, -0.1) is 0 Å². The number of nitriles is 1. The zero-order chi connectivity index (χ0) is 16.6. The van der Waals surface area contributed by atoms with E-state index < -0.39 is 22.0 Å². The SMILES string of the molecule is N#Cc1ccc(S(=O)(=O)N2[C@@H]3CCCC[C@H]3C[C@H]2C(N)=O)cc1. The van der Waals surface area contributed by atoms with Crippen molar-refractivity contribution in [3.8, 4) is 6.07 Å². The molecule has 1 amide bonds. The molecule has 1 aliphatic heterocycles. The second kappa shape index (κ2) is 5.95. The molecule has 3 atom stereocenters. The Kier molecular flexibility index (Phi) is 4.13. The fourth-order valence-electron chi connectivity index (χ4n) is 3.83. The Hall–Kier alpha value is -1.91. The van der Waals surface area contributed by atoms with E-state index in [2.05, 4.69) is 0 Å². The number of sulfonamides is 1. The summed E-state index contributed by atoms with van der Waals surface area (Å²) in [5.41, 5.74) is 5.87. The molecule has 1 aliphatic carbocycles. The molecule has 2 fully saturated rings. The highest BCUT2D eigenvalue weighted by Crippen LogP contribution is 2.42. The van der Waals surface area contributed by atoms with Gasteiger partial charge < -0.3 is 5.73 Å². The molecule has 1 heterocycles. The molecule has 2 aliphatic rings. The standard InChI is InChI=1S/C16H19N3O3S/c17-10-11-5-7-13(8-6-11)23(21,22)19-14-4-2-1-3-12(14)9-15(19)16(18)20/h5-8,12,14-15H,1-4,9H2,(H2,18,20)/t12-,14+,15-/m0/s1. The molecule has 23 heavy (non-hydrogen) atoms. The van der Waals surface area contributed by atoms with E-state index in [1.807, 2.05) is 6.07 Å². The van der Waals surface area contributed by atoms with Crippen molar-refractivity contribution in [2.24, 2.45) is 11.7 Å². The zero-order valence-electron chi connectivity index (χ0n) is 12.7. The number of rotatable bonds is 3. The van der Waals surface area contributed by atoms with Gasteiger partial charge in [0.05, 0.1) is 16.5 Å². The van der Waals surface area contributed by atoms with Gasteiger partial charge in [0.2, 0.25) is 15.9 Å². The number of hydrogen-bond acceptors (Lipinski definition) is 4. The fraction of sp³-hybridized carbons (Fsp3) is 0.500. The summed E-state index contributed by atoms with van der Waals surface area (Å²) in [6.07, 6.45) is 4.25.